The maximum absolute atomic E-state index is 9.85. The normalized spacial score (nSPS) is 19.5. The summed E-state index contributed by atoms with van der Waals surface area (Å²) in [5.41, 5.74) is 0.485. The summed E-state index contributed by atoms with van der Waals surface area (Å²) in [6, 6.07) is 5.06. The topological polar surface area (TPSA) is 77.6 Å². The van der Waals surface area contributed by atoms with E-state index in [9.17, 15) is 5.11 Å². The first-order chi connectivity index (χ1) is 9.24. The molecule has 3 rings (SSSR count). The monoisotopic (exact) mass is 326 g/mol. The molecule has 1 atom stereocenters. The minimum Gasteiger partial charge on any atom is -0.507 e. The van der Waals surface area contributed by atoms with Gasteiger partial charge >= 0.3 is 0 Å². The average Bonchev–Trinajstić information content (AvgIpc) is 2.89. The number of phenolic OH excluding ortho intramolecular Hbond substituents is 1. The predicted molar refractivity (Wildman–Crippen MR) is 68.6 cm³/mol. The van der Waals surface area contributed by atoms with Crippen LogP contribution >= 0.6 is 15.9 Å². The SMILES string of the molecule is Oc1cc(Br)ccc1-c1nc(C2COCCO2)no1. The lowest BCUT2D eigenvalue weighted by atomic mass is 10.2. The van der Waals surface area contributed by atoms with Crippen LogP contribution in [0.5, 0.6) is 5.75 Å². The quantitative estimate of drug-likeness (QED) is 0.912. The van der Waals surface area contributed by atoms with E-state index in [-0.39, 0.29) is 17.7 Å². The van der Waals surface area contributed by atoms with Gasteiger partial charge in [-0.25, -0.2) is 0 Å². The van der Waals surface area contributed by atoms with Crippen molar-refractivity contribution in [1.29, 1.82) is 0 Å². The Hall–Kier alpha value is -1.44. The molecule has 0 spiro atoms. The van der Waals surface area contributed by atoms with Gasteiger partial charge in [0.25, 0.3) is 5.89 Å². The Labute approximate surface area is 117 Å². The molecule has 7 heteroatoms. The van der Waals surface area contributed by atoms with Gasteiger partial charge in [-0.2, -0.15) is 4.98 Å². The lowest BCUT2D eigenvalue weighted by Crippen LogP contribution is -2.22. The first kappa shape index (κ1) is 12.6. The molecule has 1 unspecified atom stereocenters. The van der Waals surface area contributed by atoms with E-state index in [1.54, 1.807) is 18.2 Å². The summed E-state index contributed by atoms with van der Waals surface area (Å²) in [4.78, 5) is 4.24. The van der Waals surface area contributed by atoms with Crippen LogP contribution in [0.25, 0.3) is 11.5 Å². The minimum atomic E-state index is -0.316. The molecule has 1 fully saturated rings. The van der Waals surface area contributed by atoms with Crippen molar-refractivity contribution in [2.75, 3.05) is 19.8 Å². The summed E-state index contributed by atoms with van der Waals surface area (Å²) in [6.07, 6.45) is -0.316. The molecule has 1 aliphatic rings. The van der Waals surface area contributed by atoms with Crippen molar-refractivity contribution in [2.24, 2.45) is 0 Å². The van der Waals surface area contributed by atoms with E-state index in [4.69, 9.17) is 14.0 Å². The lowest BCUT2D eigenvalue weighted by Gasteiger charge is -2.19. The maximum Gasteiger partial charge on any atom is 0.261 e. The van der Waals surface area contributed by atoms with Gasteiger partial charge in [0.15, 0.2) is 0 Å². The number of aromatic hydroxyl groups is 1. The van der Waals surface area contributed by atoms with Gasteiger partial charge in [0, 0.05) is 4.47 Å². The Morgan fingerprint density at radius 2 is 2.21 bits per heavy atom. The van der Waals surface area contributed by atoms with Crippen molar-refractivity contribution in [1.82, 2.24) is 10.1 Å². The Kier molecular flexibility index (Phi) is 3.50. The van der Waals surface area contributed by atoms with Gasteiger partial charge in [0.1, 0.15) is 11.9 Å². The largest absolute Gasteiger partial charge is 0.507 e. The van der Waals surface area contributed by atoms with Gasteiger partial charge < -0.3 is 19.1 Å². The highest BCUT2D eigenvalue weighted by molar-refractivity contribution is 9.10. The van der Waals surface area contributed by atoms with E-state index in [1.807, 2.05) is 0 Å². The Morgan fingerprint density at radius 1 is 1.32 bits per heavy atom. The second kappa shape index (κ2) is 5.28. The zero-order valence-electron chi connectivity index (χ0n) is 9.88. The van der Waals surface area contributed by atoms with E-state index in [2.05, 4.69) is 26.1 Å². The van der Waals surface area contributed by atoms with Crippen molar-refractivity contribution < 1.29 is 19.1 Å². The summed E-state index contributed by atoms with van der Waals surface area (Å²) < 4.78 is 16.7. The van der Waals surface area contributed by atoms with Crippen LogP contribution in [0.1, 0.15) is 11.9 Å². The summed E-state index contributed by atoms with van der Waals surface area (Å²) >= 11 is 3.27. The van der Waals surface area contributed by atoms with E-state index >= 15 is 0 Å². The van der Waals surface area contributed by atoms with Crippen molar-refractivity contribution in [3.8, 4) is 17.2 Å². The molecule has 0 amide bonds. The summed E-state index contributed by atoms with van der Waals surface area (Å²) in [5.74, 6) is 0.761. The third-order valence-corrected chi connectivity index (χ3v) is 3.23. The van der Waals surface area contributed by atoms with E-state index in [0.717, 1.165) is 4.47 Å². The molecule has 19 heavy (non-hydrogen) atoms. The van der Waals surface area contributed by atoms with Gasteiger partial charge in [-0.1, -0.05) is 21.1 Å². The van der Waals surface area contributed by atoms with Gasteiger partial charge in [-0.15, -0.1) is 0 Å². The standard InChI is InChI=1S/C12H11BrN2O4/c13-7-1-2-8(9(16)5-7)12-14-11(15-19-12)10-6-17-3-4-18-10/h1-2,5,10,16H,3-4,6H2. The van der Waals surface area contributed by atoms with Crippen LogP contribution in [0.4, 0.5) is 0 Å². The molecular weight excluding hydrogens is 316 g/mol. The number of ether oxygens (including phenoxy) is 2. The summed E-state index contributed by atoms with van der Waals surface area (Å²) in [5, 5.41) is 13.7. The number of hydrogen-bond acceptors (Lipinski definition) is 6. The average molecular weight is 327 g/mol. The van der Waals surface area contributed by atoms with Gasteiger partial charge in [-0.05, 0) is 18.2 Å². The zero-order valence-corrected chi connectivity index (χ0v) is 11.5. The molecule has 6 nitrogen and oxygen atoms in total. The highest BCUT2D eigenvalue weighted by Gasteiger charge is 2.23. The van der Waals surface area contributed by atoms with Crippen LogP contribution in [0.15, 0.2) is 27.2 Å². The molecule has 0 aliphatic carbocycles. The van der Waals surface area contributed by atoms with Crippen molar-refractivity contribution in [3.63, 3.8) is 0 Å². The fourth-order valence-corrected chi connectivity index (χ4v) is 2.15. The number of hydrogen-bond donors (Lipinski definition) is 1. The Balaban J connectivity index is 1.87. The van der Waals surface area contributed by atoms with Crippen LogP contribution in [0.3, 0.4) is 0 Å². The Morgan fingerprint density at radius 3 is 2.95 bits per heavy atom. The molecule has 2 heterocycles. The molecule has 1 aliphatic heterocycles. The predicted octanol–water partition coefficient (Wildman–Crippen LogP) is 2.29. The van der Waals surface area contributed by atoms with Crippen LogP contribution in [0, 0.1) is 0 Å². The number of aromatic nitrogens is 2. The molecule has 0 bridgehead atoms. The molecular formula is C12H11BrN2O4. The number of halogens is 1. The van der Waals surface area contributed by atoms with Crippen molar-refractivity contribution in [2.45, 2.75) is 6.10 Å². The minimum absolute atomic E-state index is 0.0744. The van der Waals surface area contributed by atoms with Crippen LogP contribution in [-0.2, 0) is 9.47 Å². The van der Waals surface area contributed by atoms with Crippen molar-refractivity contribution >= 4 is 15.9 Å². The van der Waals surface area contributed by atoms with Crippen LogP contribution in [0.2, 0.25) is 0 Å². The third kappa shape index (κ3) is 2.63. The van der Waals surface area contributed by atoms with E-state index in [1.165, 1.54) is 0 Å². The summed E-state index contributed by atoms with van der Waals surface area (Å²) in [7, 11) is 0. The fourth-order valence-electron chi connectivity index (χ4n) is 1.80. The van der Waals surface area contributed by atoms with Crippen LogP contribution < -0.4 is 0 Å². The third-order valence-electron chi connectivity index (χ3n) is 2.74. The number of benzene rings is 1. The molecule has 100 valence electrons. The Bertz CT molecular complexity index is 581. The smallest absolute Gasteiger partial charge is 0.261 e. The van der Waals surface area contributed by atoms with Crippen LogP contribution in [-0.4, -0.2) is 35.1 Å². The van der Waals surface area contributed by atoms with Gasteiger partial charge in [-0.3, -0.25) is 0 Å². The first-order valence-corrected chi connectivity index (χ1v) is 6.55. The zero-order chi connectivity index (χ0) is 13.2. The van der Waals surface area contributed by atoms with Crippen molar-refractivity contribution in [3.05, 3.63) is 28.5 Å². The number of nitrogens with zero attached hydrogens (tertiary/aromatic N) is 2. The number of phenols is 1. The molecule has 2 aromatic rings. The molecule has 0 saturated carbocycles. The molecule has 0 radical (unpaired) electrons. The van der Waals surface area contributed by atoms with E-state index < -0.39 is 0 Å². The second-order valence-corrected chi connectivity index (χ2v) is 4.97. The second-order valence-electron chi connectivity index (χ2n) is 4.05. The van der Waals surface area contributed by atoms with Gasteiger partial charge in [0.2, 0.25) is 5.82 Å². The lowest BCUT2D eigenvalue weighted by molar-refractivity contribution is -0.0941. The molecule has 1 N–H and O–H groups in total. The molecule has 1 aromatic carbocycles. The molecule has 1 saturated heterocycles. The number of rotatable bonds is 2. The van der Waals surface area contributed by atoms with Gasteiger partial charge in [0.05, 0.1) is 25.4 Å². The highest BCUT2D eigenvalue weighted by Crippen LogP contribution is 2.31. The van der Waals surface area contributed by atoms with E-state index in [0.29, 0.717) is 31.2 Å². The maximum atomic E-state index is 9.85. The highest BCUT2D eigenvalue weighted by atomic mass is 79.9. The summed E-state index contributed by atoms with van der Waals surface area (Å²) in [6.45, 7) is 1.50. The molecule has 1 aromatic heterocycles. The fraction of sp³-hybridized carbons (Fsp3) is 0.333. The first-order valence-electron chi connectivity index (χ1n) is 5.76.